The largest absolute Gasteiger partial charge is 0.394 e. The molecule has 0 aromatic carbocycles. The van der Waals surface area contributed by atoms with E-state index in [4.69, 9.17) is 5.73 Å². The number of rotatable bonds is 4. The maximum Gasteiger partial charge on any atom is 0.242 e. The molecular weight excluding hydrogens is 242 g/mol. The lowest BCUT2D eigenvalue weighted by molar-refractivity contribution is -0.122. The van der Waals surface area contributed by atoms with Gasteiger partial charge in [-0.25, -0.2) is 0 Å². The standard InChI is InChI=1S/C13H25N5O/c1-7-9-10(14)11(18(6)17-9)15-8(2)12(19)16-13(3,4)5/h8,15H,7,14H2,1-6H3,(H,16,19). The van der Waals surface area contributed by atoms with Crippen molar-refractivity contribution in [2.45, 2.75) is 52.6 Å². The molecule has 1 heterocycles. The Bertz CT molecular complexity index is 458. The Morgan fingerprint density at radius 3 is 2.47 bits per heavy atom. The highest BCUT2D eigenvalue weighted by Crippen LogP contribution is 2.22. The van der Waals surface area contributed by atoms with Crippen LogP contribution in [-0.2, 0) is 18.3 Å². The van der Waals surface area contributed by atoms with Gasteiger partial charge in [-0.2, -0.15) is 5.10 Å². The smallest absolute Gasteiger partial charge is 0.242 e. The highest BCUT2D eigenvalue weighted by atomic mass is 16.2. The third-order valence-electron chi connectivity index (χ3n) is 2.74. The minimum atomic E-state index is -0.373. The molecule has 0 radical (unpaired) electrons. The Morgan fingerprint density at radius 2 is 2.05 bits per heavy atom. The molecule has 0 spiro atoms. The van der Waals surface area contributed by atoms with Crippen LogP contribution in [-0.4, -0.2) is 27.3 Å². The fraction of sp³-hybridized carbons (Fsp3) is 0.692. The van der Waals surface area contributed by atoms with E-state index in [1.54, 1.807) is 11.6 Å². The molecule has 19 heavy (non-hydrogen) atoms. The molecule has 108 valence electrons. The lowest BCUT2D eigenvalue weighted by atomic mass is 10.1. The zero-order valence-electron chi connectivity index (χ0n) is 12.7. The van der Waals surface area contributed by atoms with Gasteiger partial charge in [-0.3, -0.25) is 9.48 Å². The number of aromatic nitrogens is 2. The summed E-state index contributed by atoms with van der Waals surface area (Å²) in [6.45, 7) is 9.65. The van der Waals surface area contributed by atoms with E-state index in [1.807, 2.05) is 34.7 Å². The molecule has 0 aliphatic rings. The fourth-order valence-corrected chi connectivity index (χ4v) is 1.78. The maximum atomic E-state index is 12.0. The number of anilines is 2. The van der Waals surface area contributed by atoms with E-state index in [1.165, 1.54) is 0 Å². The van der Waals surface area contributed by atoms with Gasteiger partial charge in [0.1, 0.15) is 11.9 Å². The predicted molar refractivity (Wildman–Crippen MR) is 78.0 cm³/mol. The Morgan fingerprint density at radius 1 is 1.47 bits per heavy atom. The minimum absolute atomic E-state index is 0.0638. The van der Waals surface area contributed by atoms with Gasteiger partial charge in [0.15, 0.2) is 0 Å². The van der Waals surface area contributed by atoms with Gasteiger partial charge in [-0.1, -0.05) is 6.92 Å². The highest BCUT2D eigenvalue weighted by Gasteiger charge is 2.21. The number of carbonyl (C=O) groups excluding carboxylic acids is 1. The van der Waals surface area contributed by atoms with Crippen LogP contribution < -0.4 is 16.4 Å². The molecule has 1 amide bonds. The maximum absolute atomic E-state index is 12.0. The number of nitrogens with zero attached hydrogens (tertiary/aromatic N) is 2. The molecule has 6 nitrogen and oxygen atoms in total. The first-order valence-electron chi connectivity index (χ1n) is 6.55. The third-order valence-corrected chi connectivity index (χ3v) is 2.74. The lowest BCUT2D eigenvalue weighted by Crippen LogP contribution is -2.47. The quantitative estimate of drug-likeness (QED) is 0.767. The number of hydrogen-bond acceptors (Lipinski definition) is 4. The Balaban J connectivity index is 2.80. The number of aryl methyl sites for hydroxylation is 2. The van der Waals surface area contributed by atoms with Crippen LogP contribution in [0.2, 0.25) is 0 Å². The van der Waals surface area contributed by atoms with Gasteiger partial charge >= 0.3 is 0 Å². The fourth-order valence-electron chi connectivity index (χ4n) is 1.78. The van der Waals surface area contributed by atoms with Crippen molar-refractivity contribution in [1.82, 2.24) is 15.1 Å². The zero-order valence-corrected chi connectivity index (χ0v) is 12.7. The monoisotopic (exact) mass is 267 g/mol. The first-order valence-corrected chi connectivity index (χ1v) is 6.55. The molecule has 1 aromatic rings. The number of nitrogens with one attached hydrogen (secondary N) is 2. The van der Waals surface area contributed by atoms with Crippen molar-refractivity contribution in [2.75, 3.05) is 11.1 Å². The average Bonchev–Trinajstić information content (AvgIpc) is 2.54. The molecule has 1 atom stereocenters. The van der Waals surface area contributed by atoms with Crippen LogP contribution in [0.1, 0.15) is 40.3 Å². The summed E-state index contributed by atoms with van der Waals surface area (Å²) in [4.78, 5) is 12.0. The van der Waals surface area contributed by atoms with Crippen LogP contribution in [0.15, 0.2) is 0 Å². The second-order valence-corrected chi connectivity index (χ2v) is 5.79. The van der Waals surface area contributed by atoms with Crippen molar-refractivity contribution < 1.29 is 4.79 Å². The Hall–Kier alpha value is -1.72. The van der Waals surface area contributed by atoms with Crippen LogP contribution >= 0.6 is 0 Å². The van der Waals surface area contributed by atoms with Gasteiger partial charge in [0.05, 0.1) is 11.4 Å². The minimum Gasteiger partial charge on any atom is -0.394 e. The SMILES string of the molecule is CCc1nn(C)c(NC(C)C(=O)NC(C)(C)C)c1N. The normalized spacial score (nSPS) is 13.2. The van der Waals surface area contributed by atoms with Gasteiger partial charge in [-0.15, -0.1) is 0 Å². The van der Waals surface area contributed by atoms with E-state index in [2.05, 4.69) is 15.7 Å². The van der Waals surface area contributed by atoms with Crippen molar-refractivity contribution >= 4 is 17.4 Å². The van der Waals surface area contributed by atoms with E-state index in [0.29, 0.717) is 11.5 Å². The van der Waals surface area contributed by atoms with Crippen LogP contribution in [0, 0.1) is 0 Å². The van der Waals surface area contributed by atoms with E-state index >= 15 is 0 Å². The molecule has 0 bridgehead atoms. The van der Waals surface area contributed by atoms with Gasteiger partial charge in [0.2, 0.25) is 5.91 Å². The van der Waals surface area contributed by atoms with Crippen molar-refractivity contribution in [2.24, 2.45) is 7.05 Å². The molecule has 0 aliphatic carbocycles. The number of nitrogen functional groups attached to an aromatic ring is 1. The van der Waals surface area contributed by atoms with Crippen LogP contribution in [0.25, 0.3) is 0 Å². The topological polar surface area (TPSA) is 85.0 Å². The van der Waals surface area contributed by atoms with Crippen LogP contribution in [0.3, 0.4) is 0 Å². The molecule has 0 fully saturated rings. The molecule has 4 N–H and O–H groups in total. The van der Waals surface area contributed by atoms with E-state index in [-0.39, 0.29) is 17.5 Å². The molecule has 0 saturated heterocycles. The van der Waals surface area contributed by atoms with Crippen LogP contribution in [0.4, 0.5) is 11.5 Å². The third kappa shape index (κ3) is 3.87. The molecule has 0 saturated carbocycles. The Labute approximate surface area is 114 Å². The first-order chi connectivity index (χ1) is 8.65. The summed E-state index contributed by atoms with van der Waals surface area (Å²) in [5.74, 6) is 0.625. The van der Waals surface area contributed by atoms with Gasteiger partial charge in [0.25, 0.3) is 0 Å². The summed E-state index contributed by atoms with van der Waals surface area (Å²) in [6, 6.07) is -0.373. The first kappa shape index (κ1) is 15.3. The number of hydrogen-bond donors (Lipinski definition) is 3. The van der Waals surface area contributed by atoms with E-state index < -0.39 is 0 Å². The lowest BCUT2D eigenvalue weighted by Gasteiger charge is -2.24. The summed E-state index contributed by atoms with van der Waals surface area (Å²) in [5.41, 5.74) is 7.22. The molecule has 1 aromatic heterocycles. The van der Waals surface area contributed by atoms with E-state index in [0.717, 1.165) is 12.1 Å². The second kappa shape index (κ2) is 5.50. The molecule has 1 unspecified atom stereocenters. The van der Waals surface area contributed by atoms with Crippen molar-refractivity contribution in [3.05, 3.63) is 5.69 Å². The average molecular weight is 267 g/mol. The van der Waals surface area contributed by atoms with Gasteiger partial charge in [0, 0.05) is 12.6 Å². The number of amides is 1. The summed E-state index contributed by atoms with van der Waals surface area (Å²) in [5, 5.41) is 10.4. The predicted octanol–water partition coefficient (Wildman–Crippen LogP) is 1.28. The van der Waals surface area contributed by atoms with Gasteiger partial charge in [-0.05, 0) is 34.1 Å². The molecule has 0 aliphatic heterocycles. The summed E-state index contributed by atoms with van der Waals surface area (Å²) < 4.78 is 1.68. The molecule has 1 rings (SSSR count). The van der Waals surface area contributed by atoms with Crippen molar-refractivity contribution in [1.29, 1.82) is 0 Å². The number of nitrogens with two attached hydrogens (primary N) is 1. The van der Waals surface area contributed by atoms with E-state index in [9.17, 15) is 4.79 Å². The highest BCUT2D eigenvalue weighted by molar-refractivity contribution is 5.85. The van der Waals surface area contributed by atoms with Crippen molar-refractivity contribution in [3.63, 3.8) is 0 Å². The summed E-state index contributed by atoms with van der Waals surface area (Å²) in [7, 11) is 1.81. The molecular formula is C13H25N5O. The zero-order chi connectivity index (χ0) is 14.8. The molecule has 6 heteroatoms. The summed E-state index contributed by atoms with van der Waals surface area (Å²) >= 11 is 0. The van der Waals surface area contributed by atoms with Gasteiger partial charge < -0.3 is 16.4 Å². The van der Waals surface area contributed by atoms with Crippen LogP contribution in [0.5, 0.6) is 0 Å². The Kier molecular flexibility index (Phi) is 4.44. The van der Waals surface area contributed by atoms with Crippen molar-refractivity contribution in [3.8, 4) is 0 Å². The summed E-state index contributed by atoms with van der Waals surface area (Å²) in [6.07, 6.45) is 0.768. The second-order valence-electron chi connectivity index (χ2n) is 5.79. The number of carbonyl (C=O) groups is 1.